The number of hydrogen-bond donors (Lipinski definition) is 2. The lowest BCUT2D eigenvalue weighted by atomic mass is 9.87. The van der Waals surface area contributed by atoms with Gasteiger partial charge in [-0.3, -0.25) is 9.59 Å². The summed E-state index contributed by atoms with van der Waals surface area (Å²) >= 11 is 0. The third-order valence-electron chi connectivity index (χ3n) is 4.62. The largest absolute Gasteiger partial charge is 0.481 e. The monoisotopic (exact) mass is 304 g/mol. The summed E-state index contributed by atoms with van der Waals surface area (Å²) in [5, 5.41) is 18.8. The van der Waals surface area contributed by atoms with Crippen LogP contribution >= 0.6 is 0 Å². The van der Waals surface area contributed by atoms with Crippen LogP contribution in [0.25, 0.3) is 0 Å². The molecule has 0 amide bonds. The molecule has 1 aliphatic carbocycles. The standard InChI is InChI=1S/C18H24O4/c1-12-3-2-4-13(9-12)10-15(19)7-5-14-6-8-17(20)16(14)11-18(21)22/h2-4,9,14,16-17,20H,5-8,10-11H2,1H3,(H,21,22)/t14-,16+,17-/m0/s1. The van der Waals surface area contributed by atoms with Crippen LogP contribution in [0.1, 0.15) is 43.2 Å². The maximum absolute atomic E-state index is 12.1. The minimum Gasteiger partial charge on any atom is -0.481 e. The van der Waals surface area contributed by atoms with E-state index in [4.69, 9.17) is 5.11 Å². The highest BCUT2D eigenvalue weighted by molar-refractivity contribution is 5.80. The molecule has 4 nitrogen and oxygen atoms in total. The van der Waals surface area contributed by atoms with Gasteiger partial charge in [-0.25, -0.2) is 0 Å². The Balaban J connectivity index is 1.84. The van der Waals surface area contributed by atoms with Crippen LogP contribution in [0.5, 0.6) is 0 Å². The number of carbonyl (C=O) groups is 2. The molecule has 0 heterocycles. The molecule has 2 rings (SSSR count). The molecule has 0 saturated heterocycles. The zero-order valence-electron chi connectivity index (χ0n) is 13.0. The lowest BCUT2D eigenvalue weighted by Gasteiger charge is -2.20. The van der Waals surface area contributed by atoms with Gasteiger partial charge in [0.05, 0.1) is 12.5 Å². The fourth-order valence-corrected chi connectivity index (χ4v) is 3.47. The SMILES string of the molecule is Cc1cccc(CC(=O)CC[C@H]2CC[C@H](O)[C@@H]2CC(=O)O)c1. The Morgan fingerprint density at radius 3 is 2.73 bits per heavy atom. The summed E-state index contributed by atoms with van der Waals surface area (Å²) in [6.07, 6.45) is 2.50. The van der Waals surface area contributed by atoms with E-state index in [2.05, 4.69) is 0 Å². The van der Waals surface area contributed by atoms with Crippen LogP contribution in [0.2, 0.25) is 0 Å². The Kier molecular flexibility index (Phi) is 5.72. The number of ketones is 1. The predicted molar refractivity (Wildman–Crippen MR) is 83.6 cm³/mol. The predicted octanol–water partition coefficient (Wildman–Crippen LogP) is 2.75. The van der Waals surface area contributed by atoms with Crippen LogP contribution < -0.4 is 0 Å². The third-order valence-corrected chi connectivity index (χ3v) is 4.62. The van der Waals surface area contributed by atoms with E-state index in [1.165, 1.54) is 0 Å². The maximum Gasteiger partial charge on any atom is 0.303 e. The van der Waals surface area contributed by atoms with Crippen LogP contribution in [0.15, 0.2) is 24.3 Å². The van der Waals surface area contributed by atoms with Gasteiger partial charge in [-0.1, -0.05) is 29.8 Å². The second kappa shape index (κ2) is 7.54. The molecule has 0 bridgehead atoms. The van der Waals surface area contributed by atoms with Gasteiger partial charge in [-0.05, 0) is 43.6 Å². The van der Waals surface area contributed by atoms with Gasteiger partial charge in [0.2, 0.25) is 0 Å². The van der Waals surface area contributed by atoms with Crippen molar-refractivity contribution in [3.05, 3.63) is 35.4 Å². The summed E-state index contributed by atoms with van der Waals surface area (Å²) in [5.74, 6) is -0.750. The first-order chi connectivity index (χ1) is 10.5. The van der Waals surface area contributed by atoms with Crippen molar-refractivity contribution in [2.75, 3.05) is 0 Å². The highest BCUT2D eigenvalue weighted by Gasteiger charge is 2.36. The van der Waals surface area contributed by atoms with E-state index >= 15 is 0 Å². The molecular formula is C18H24O4. The lowest BCUT2D eigenvalue weighted by Crippen LogP contribution is -2.23. The molecule has 0 aromatic heterocycles. The summed E-state index contributed by atoms with van der Waals surface area (Å²) in [4.78, 5) is 23.0. The van der Waals surface area contributed by atoms with E-state index in [-0.39, 0.29) is 24.0 Å². The van der Waals surface area contributed by atoms with Gasteiger partial charge < -0.3 is 10.2 Å². The highest BCUT2D eigenvalue weighted by atomic mass is 16.4. The van der Waals surface area contributed by atoms with Gasteiger partial charge in [-0.15, -0.1) is 0 Å². The number of carbonyl (C=O) groups excluding carboxylic acids is 1. The number of aliphatic hydroxyl groups is 1. The van der Waals surface area contributed by atoms with Crippen molar-refractivity contribution < 1.29 is 19.8 Å². The molecule has 0 unspecified atom stereocenters. The molecule has 0 aliphatic heterocycles. The van der Waals surface area contributed by atoms with Crippen LogP contribution in [-0.2, 0) is 16.0 Å². The fraction of sp³-hybridized carbons (Fsp3) is 0.556. The summed E-state index contributed by atoms with van der Waals surface area (Å²) in [6.45, 7) is 2.00. The summed E-state index contributed by atoms with van der Waals surface area (Å²) in [7, 11) is 0. The summed E-state index contributed by atoms with van der Waals surface area (Å²) in [6, 6.07) is 7.93. The first-order valence-corrected chi connectivity index (χ1v) is 7.93. The molecule has 1 aromatic rings. The van der Waals surface area contributed by atoms with Gasteiger partial charge in [0.1, 0.15) is 5.78 Å². The quantitative estimate of drug-likeness (QED) is 0.812. The number of carboxylic acids is 1. The molecule has 4 heteroatoms. The minimum absolute atomic E-state index is 0.00208. The zero-order valence-corrected chi connectivity index (χ0v) is 13.0. The van der Waals surface area contributed by atoms with Crippen molar-refractivity contribution in [2.45, 2.75) is 51.6 Å². The van der Waals surface area contributed by atoms with E-state index in [0.29, 0.717) is 25.7 Å². The van der Waals surface area contributed by atoms with Crippen molar-refractivity contribution in [1.82, 2.24) is 0 Å². The van der Waals surface area contributed by atoms with Gasteiger partial charge >= 0.3 is 5.97 Å². The minimum atomic E-state index is -0.873. The molecule has 1 saturated carbocycles. The lowest BCUT2D eigenvalue weighted by molar-refractivity contribution is -0.139. The molecular weight excluding hydrogens is 280 g/mol. The molecule has 0 spiro atoms. The molecule has 120 valence electrons. The molecule has 2 N–H and O–H groups in total. The first kappa shape index (κ1) is 16.7. The van der Waals surface area contributed by atoms with Crippen molar-refractivity contribution in [3.8, 4) is 0 Å². The second-order valence-electron chi connectivity index (χ2n) is 6.41. The molecule has 1 aliphatic rings. The number of aryl methyl sites for hydroxylation is 1. The van der Waals surface area contributed by atoms with Crippen molar-refractivity contribution in [2.24, 2.45) is 11.8 Å². The number of hydrogen-bond acceptors (Lipinski definition) is 3. The van der Waals surface area contributed by atoms with E-state index in [9.17, 15) is 14.7 Å². The normalized spacial score (nSPS) is 24.4. The number of aliphatic hydroxyl groups excluding tert-OH is 1. The van der Waals surface area contributed by atoms with Crippen molar-refractivity contribution in [1.29, 1.82) is 0 Å². The average Bonchev–Trinajstić information content (AvgIpc) is 2.77. The van der Waals surface area contributed by atoms with Crippen LogP contribution in [0.3, 0.4) is 0 Å². The Labute approximate surface area is 131 Å². The van der Waals surface area contributed by atoms with Gasteiger partial charge in [-0.2, -0.15) is 0 Å². The van der Waals surface area contributed by atoms with Gasteiger partial charge in [0.25, 0.3) is 0 Å². The Hall–Kier alpha value is -1.68. The average molecular weight is 304 g/mol. The number of Topliss-reactive ketones (excluding diaryl/α,β-unsaturated/α-hetero) is 1. The summed E-state index contributed by atoms with van der Waals surface area (Å²) < 4.78 is 0. The number of carboxylic acid groups (broad SMARTS) is 1. The Bertz CT molecular complexity index is 538. The third kappa shape index (κ3) is 4.67. The van der Waals surface area contributed by atoms with Crippen LogP contribution in [0, 0.1) is 18.8 Å². The molecule has 3 atom stereocenters. The molecule has 1 fully saturated rings. The van der Waals surface area contributed by atoms with E-state index in [1.807, 2.05) is 31.2 Å². The number of rotatable bonds is 7. The molecule has 22 heavy (non-hydrogen) atoms. The summed E-state index contributed by atoms with van der Waals surface area (Å²) in [5.41, 5.74) is 2.17. The van der Waals surface area contributed by atoms with Crippen molar-refractivity contribution >= 4 is 11.8 Å². The van der Waals surface area contributed by atoms with Crippen LogP contribution in [-0.4, -0.2) is 28.1 Å². The van der Waals surface area contributed by atoms with E-state index < -0.39 is 12.1 Å². The van der Waals surface area contributed by atoms with E-state index in [1.54, 1.807) is 0 Å². The molecule has 1 aromatic carbocycles. The number of aliphatic carboxylic acids is 1. The highest BCUT2D eigenvalue weighted by Crippen LogP contribution is 2.37. The molecule has 0 radical (unpaired) electrons. The second-order valence-corrected chi connectivity index (χ2v) is 6.41. The zero-order chi connectivity index (χ0) is 16.1. The fourth-order valence-electron chi connectivity index (χ4n) is 3.47. The van der Waals surface area contributed by atoms with Crippen molar-refractivity contribution in [3.63, 3.8) is 0 Å². The first-order valence-electron chi connectivity index (χ1n) is 7.93. The van der Waals surface area contributed by atoms with E-state index in [0.717, 1.165) is 17.5 Å². The van der Waals surface area contributed by atoms with Crippen LogP contribution in [0.4, 0.5) is 0 Å². The van der Waals surface area contributed by atoms with Gasteiger partial charge in [0.15, 0.2) is 0 Å². The van der Waals surface area contributed by atoms with Gasteiger partial charge in [0, 0.05) is 12.8 Å². The number of benzene rings is 1. The smallest absolute Gasteiger partial charge is 0.303 e. The topological polar surface area (TPSA) is 74.6 Å². The Morgan fingerprint density at radius 1 is 1.27 bits per heavy atom. The Morgan fingerprint density at radius 2 is 2.05 bits per heavy atom. The maximum atomic E-state index is 12.1.